The van der Waals surface area contributed by atoms with Crippen molar-refractivity contribution in [3.8, 4) is 17.1 Å². The SMILES string of the molecule is COC(=O)c1nc(CN(C)C)c2oc(-c3ccccc3)cc2c1O. The van der Waals surface area contributed by atoms with Crippen LogP contribution < -0.4 is 0 Å². The number of carbonyl (C=O) groups is 1. The normalized spacial score (nSPS) is 11.2. The molecule has 0 bridgehead atoms. The zero-order valence-corrected chi connectivity index (χ0v) is 13.7. The van der Waals surface area contributed by atoms with Crippen molar-refractivity contribution in [3.63, 3.8) is 0 Å². The zero-order chi connectivity index (χ0) is 17.3. The third-order valence-electron chi connectivity index (χ3n) is 3.62. The first-order valence-corrected chi connectivity index (χ1v) is 7.45. The largest absolute Gasteiger partial charge is 0.505 e. The molecule has 0 saturated carbocycles. The van der Waals surface area contributed by atoms with Gasteiger partial charge in [-0.3, -0.25) is 0 Å². The van der Waals surface area contributed by atoms with Gasteiger partial charge in [0.15, 0.2) is 17.0 Å². The van der Waals surface area contributed by atoms with Gasteiger partial charge in [0.1, 0.15) is 5.76 Å². The van der Waals surface area contributed by atoms with E-state index in [1.165, 1.54) is 7.11 Å². The van der Waals surface area contributed by atoms with Crippen molar-refractivity contribution in [2.24, 2.45) is 0 Å². The van der Waals surface area contributed by atoms with Crippen molar-refractivity contribution < 1.29 is 19.1 Å². The van der Waals surface area contributed by atoms with Gasteiger partial charge in [0.05, 0.1) is 18.2 Å². The van der Waals surface area contributed by atoms with E-state index in [-0.39, 0.29) is 11.4 Å². The Balaban J connectivity index is 2.25. The van der Waals surface area contributed by atoms with Crippen LogP contribution in [0.2, 0.25) is 0 Å². The molecule has 6 heteroatoms. The summed E-state index contributed by atoms with van der Waals surface area (Å²) >= 11 is 0. The number of furan rings is 1. The lowest BCUT2D eigenvalue weighted by molar-refractivity contribution is 0.0590. The summed E-state index contributed by atoms with van der Waals surface area (Å²) in [5.74, 6) is -0.313. The number of nitrogens with zero attached hydrogens (tertiary/aromatic N) is 2. The fourth-order valence-electron chi connectivity index (χ4n) is 2.54. The smallest absolute Gasteiger partial charge is 0.360 e. The van der Waals surface area contributed by atoms with E-state index in [1.807, 2.05) is 49.3 Å². The summed E-state index contributed by atoms with van der Waals surface area (Å²) in [4.78, 5) is 18.1. The molecule has 124 valence electrons. The van der Waals surface area contributed by atoms with Gasteiger partial charge in [-0.15, -0.1) is 0 Å². The standard InChI is InChI=1S/C18H18N2O4/c1-20(2)10-13-17-12(16(21)15(19-13)18(22)23-3)9-14(24-17)11-7-5-4-6-8-11/h4-9,21H,10H2,1-3H3. The zero-order valence-electron chi connectivity index (χ0n) is 13.7. The minimum absolute atomic E-state index is 0.109. The van der Waals surface area contributed by atoms with Gasteiger partial charge in [0.2, 0.25) is 0 Å². The number of benzene rings is 1. The van der Waals surface area contributed by atoms with Crippen molar-refractivity contribution in [1.82, 2.24) is 9.88 Å². The van der Waals surface area contributed by atoms with Crippen LogP contribution in [0.4, 0.5) is 0 Å². The van der Waals surface area contributed by atoms with Gasteiger partial charge in [0, 0.05) is 12.1 Å². The Morgan fingerprint density at radius 1 is 1.29 bits per heavy atom. The number of fused-ring (bicyclic) bond motifs is 1. The number of rotatable bonds is 4. The lowest BCUT2D eigenvalue weighted by Gasteiger charge is -2.11. The maximum Gasteiger partial charge on any atom is 0.360 e. The van der Waals surface area contributed by atoms with Crippen LogP contribution in [0.25, 0.3) is 22.3 Å². The highest BCUT2D eigenvalue weighted by Crippen LogP contribution is 2.36. The number of aromatic hydroxyl groups is 1. The number of carbonyl (C=O) groups excluding carboxylic acids is 1. The quantitative estimate of drug-likeness (QED) is 0.743. The minimum atomic E-state index is -0.683. The molecule has 0 amide bonds. The molecule has 0 aliphatic carbocycles. The molecule has 2 heterocycles. The van der Waals surface area contributed by atoms with Gasteiger partial charge in [0.25, 0.3) is 0 Å². The van der Waals surface area contributed by atoms with Crippen LogP contribution in [0, 0.1) is 0 Å². The van der Waals surface area contributed by atoms with Gasteiger partial charge in [-0.1, -0.05) is 30.3 Å². The highest BCUT2D eigenvalue weighted by molar-refractivity contribution is 5.99. The number of ether oxygens (including phenoxy) is 1. The molecule has 0 saturated heterocycles. The summed E-state index contributed by atoms with van der Waals surface area (Å²) in [5.41, 5.74) is 1.80. The molecule has 6 nitrogen and oxygen atoms in total. The first-order chi connectivity index (χ1) is 11.5. The first kappa shape index (κ1) is 16.0. The van der Waals surface area contributed by atoms with Crippen LogP contribution in [0.1, 0.15) is 16.2 Å². The third-order valence-corrected chi connectivity index (χ3v) is 3.62. The Kier molecular flexibility index (Phi) is 4.22. The highest BCUT2D eigenvalue weighted by Gasteiger charge is 2.23. The van der Waals surface area contributed by atoms with Gasteiger partial charge in [-0.2, -0.15) is 0 Å². The summed E-state index contributed by atoms with van der Waals surface area (Å²) in [5, 5.41) is 10.9. The van der Waals surface area contributed by atoms with Crippen molar-refractivity contribution in [1.29, 1.82) is 0 Å². The number of pyridine rings is 1. The molecular formula is C18H18N2O4. The summed E-state index contributed by atoms with van der Waals surface area (Å²) in [6, 6.07) is 11.3. The lowest BCUT2D eigenvalue weighted by Crippen LogP contribution is -2.14. The Morgan fingerprint density at radius 2 is 2.00 bits per heavy atom. The highest BCUT2D eigenvalue weighted by atomic mass is 16.5. The van der Waals surface area contributed by atoms with Gasteiger partial charge in [-0.05, 0) is 20.2 Å². The predicted molar refractivity (Wildman–Crippen MR) is 89.8 cm³/mol. The summed E-state index contributed by atoms with van der Waals surface area (Å²) in [6.07, 6.45) is 0. The Morgan fingerprint density at radius 3 is 2.62 bits per heavy atom. The average molecular weight is 326 g/mol. The van der Waals surface area contributed by atoms with Crippen LogP contribution >= 0.6 is 0 Å². The topological polar surface area (TPSA) is 75.8 Å². The van der Waals surface area contributed by atoms with E-state index < -0.39 is 5.97 Å². The molecule has 24 heavy (non-hydrogen) atoms. The van der Waals surface area contributed by atoms with E-state index in [4.69, 9.17) is 9.15 Å². The molecule has 0 aliphatic heterocycles. The lowest BCUT2D eigenvalue weighted by atomic mass is 10.1. The molecule has 0 atom stereocenters. The first-order valence-electron chi connectivity index (χ1n) is 7.45. The number of hydrogen-bond acceptors (Lipinski definition) is 6. The number of methoxy groups -OCH3 is 1. The molecule has 2 aromatic heterocycles. The van der Waals surface area contributed by atoms with Crippen LogP contribution in [0.5, 0.6) is 5.75 Å². The fourth-order valence-corrected chi connectivity index (χ4v) is 2.54. The fraction of sp³-hybridized carbons (Fsp3) is 0.222. The van der Waals surface area contributed by atoms with Crippen LogP contribution in [-0.4, -0.2) is 42.2 Å². The Hall–Kier alpha value is -2.86. The maximum atomic E-state index is 11.9. The molecule has 0 aliphatic rings. The Bertz CT molecular complexity index is 885. The second kappa shape index (κ2) is 6.33. The van der Waals surface area contributed by atoms with Crippen molar-refractivity contribution in [2.75, 3.05) is 21.2 Å². The van der Waals surface area contributed by atoms with E-state index in [1.54, 1.807) is 6.07 Å². The van der Waals surface area contributed by atoms with E-state index in [9.17, 15) is 9.90 Å². The predicted octanol–water partition coefficient (Wildman–Crippen LogP) is 3.05. The van der Waals surface area contributed by atoms with Crippen LogP contribution in [0.3, 0.4) is 0 Å². The Labute approximate surface area is 139 Å². The molecule has 1 aromatic carbocycles. The van der Waals surface area contributed by atoms with Gasteiger partial charge >= 0.3 is 5.97 Å². The monoisotopic (exact) mass is 326 g/mol. The summed E-state index contributed by atoms with van der Waals surface area (Å²) in [6.45, 7) is 0.461. The average Bonchev–Trinajstić information content (AvgIpc) is 3.03. The van der Waals surface area contributed by atoms with Gasteiger partial charge < -0.3 is 19.2 Å². The molecule has 0 fully saturated rings. The molecule has 1 N–H and O–H groups in total. The second-order valence-electron chi connectivity index (χ2n) is 5.70. The number of esters is 1. The van der Waals surface area contributed by atoms with E-state index in [0.29, 0.717) is 29.0 Å². The summed E-state index contributed by atoms with van der Waals surface area (Å²) in [7, 11) is 5.03. The molecular weight excluding hydrogens is 308 g/mol. The molecule has 0 spiro atoms. The minimum Gasteiger partial charge on any atom is -0.505 e. The maximum absolute atomic E-state index is 11.9. The third kappa shape index (κ3) is 2.83. The van der Waals surface area contributed by atoms with E-state index in [2.05, 4.69) is 4.98 Å². The molecule has 0 unspecified atom stereocenters. The van der Waals surface area contributed by atoms with Crippen molar-refractivity contribution in [2.45, 2.75) is 6.54 Å². The molecule has 3 aromatic rings. The van der Waals surface area contributed by atoms with E-state index in [0.717, 1.165) is 5.56 Å². The van der Waals surface area contributed by atoms with Crippen LogP contribution in [-0.2, 0) is 11.3 Å². The molecule has 0 radical (unpaired) electrons. The second-order valence-corrected chi connectivity index (χ2v) is 5.70. The van der Waals surface area contributed by atoms with Crippen molar-refractivity contribution in [3.05, 3.63) is 47.8 Å². The molecule has 3 rings (SSSR count). The van der Waals surface area contributed by atoms with E-state index >= 15 is 0 Å². The number of hydrogen-bond donors (Lipinski definition) is 1. The van der Waals surface area contributed by atoms with Crippen molar-refractivity contribution >= 4 is 16.9 Å². The number of aromatic nitrogens is 1. The van der Waals surface area contributed by atoms with Gasteiger partial charge in [-0.25, -0.2) is 9.78 Å². The summed E-state index contributed by atoms with van der Waals surface area (Å²) < 4.78 is 10.6. The van der Waals surface area contributed by atoms with Crippen LogP contribution in [0.15, 0.2) is 40.8 Å².